The van der Waals surface area contributed by atoms with Crippen LogP contribution in [0.2, 0.25) is 0 Å². The third-order valence-electron chi connectivity index (χ3n) is 5.93. The van der Waals surface area contributed by atoms with E-state index in [0.29, 0.717) is 0 Å². The molecule has 0 unspecified atom stereocenters. The number of nitrogens with zero attached hydrogens (tertiary/aromatic N) is 2. The summed E-state index contributed by atoms with van der Waals surface area (Å²) in [6.07, 6.45) is 16.3. The first kappa shape index (κ1) is 31.4. The summed E-state index contributed by atoms with van der Waals surface area (Å²) in [5, 5.41) is 9.71. The van der Waals surface area contributed by atoms with Crippen molar-refractivity contribution in [2.45, 2.75) is 66.0 Å². The van der Waals surface area contributed by atoms with E-state index in [9.17, 15) is 0 Å². The van der Waals surface area contributed by atoms with E-state index in [4.69, 9.17) is 0 Å². The Hall–Kier alpha value is -2.60. The number of rotatable bonds is 6. The molecule has 3 N–H and O–H groups in total. The largest absolute Gasteiger partial charge is 0.316 e. The van der Waals surface area contributed by atoms with Gasteiger partial charge in [-0.1, -0.05) is 56.3 Å². The molecule has 0 bridgehead atoms. The Morgan fingerprint density at radius 1 is 0.944 bits per heavy atom. The molecule has 0 radical (unpaired) electrons. The summed E-state index contributed by atoms with van der Waals surface area (Å²) in [4.78, 5) is 8.21. The summed E-state index contributed by atoms with van der Waals surface area (Å²) in [7, 11) is 3.83. The van der Waals surface area contributed by atoms with Crippen LogP contribution >= 0.6 is 0 Å². The van der Waals surface area contributed by atoms with Gasteiger partial charge in [0.15, 0.2) is 0 Å². The van der Waals surface area contributed by atoms with Crippen LogP contribution < -0.4 is 16.0 Å². The monoisotopic (exact) mass is 491 g/mol. The highest BCUT2D eigenvalue weighted by atomic mass is 14.9. The van der Waals surface area contributed by atoms with E-state index in [0.717, 1.165) is 32.7 Å². The molecular formula is C31H49N5. The maximum absolute atomic E-state index is 4.25. The van der Waals surface area contributed by atoms with E-state index < -0.39 is 0 Å². The van der Waals surface area contributed by atoms with Gasteiger partial charge in [0.1, 0.15) is 0 Å². The van der Waals surface area contributed by atoms with E-state index in [-0.39, 0.29) is 0 Å². The topological polar surface area (TPSA) is 61.3 Å². The lowest BCUT2D eigenvalue weighted by molar-refractivity contribution is 0.644. The Bertz CT molecular complexity index is 842. The Morgan fingerprint density at radius 2 is 1.64 bits per heavy atom. The zero-order valence-electron chi connectivity index (χ0n) is 23.3. The molecule has 0 spiro atoms. The highest BCUT2D eigenvalue weighted by molar-refractivity contribution is 6.00. The highest BCUT2D eigenvalue weighted by Gasteiger charge is 2.10. The number of likely N-dealkylation sites (N-methyl/N-ethyl adjacent to an activating group) is 1. The number of nitrogens with one attached hydrogen (secondary N) is 3. The minimum absolute atomic E-state index is 0.895. The van der Waals surface area contributed by atoms with Crippen molar-refractivity contribution < 1.29 is 0 Å². The normalized spacial score (nSPS) is 16.7. The predicted molar refractivity (Wildman–Crippen MR) is 158 cm³/mol. The first-order valence-electron chi connectivity index (χ1n) is 13.6. The molecule has 1 aliphatic heterocycles. The molecule has 5 nitrogen and oxygen atoms in total. The van der Waals surface area contributed by atoms with Crippen LogP contribution in [0.5, 0.6) is 0 Å². The fraction of sp³-hybridized carbons (Fsp3) is 0.484. The molecule has 5 heteroatoms. The highest BCUT2D eigenvalue weighted by Crippen LogP contribution is 2.20. The van der Waals surface area contributed by atoms with Gasteiger partial charge in [-0.25, -0.2) is 0 Å². The Balaban J connectivity index is 0.000000265. The summed E-state index contributed by atoms with van der Waals surface area (Å²) < 4.78 is 0. The first-order valence-corrected chi connectivity index (χ1v) is 13.6. The molecule has 1 aromatic carbocycles. The van der Waals surface area contributed by atoms with Crippen LogP contribution in [0.25, 0.3) is 0 Å². The molecule has 1 saturated carbocycles. The van der Waals surface area contributed by atoms with Crippen molar-refractivity contribution in [3.8, 4) is 0 Å². The number of hydrogen-bond acceptors (Lipinski definition) is 5. The number of allylic oxidation sites excluding steroid dienone is 2. The summed E-state index contributed by atoms with van der Waals surface area (Å²) in [6, 6.07) is 12.7. The molecule has 4 rings (SSSR count). The minimum Gasteiger partial charge on any atom is -0.316 e. The van der Waals surface area contributed by atoms with Gasteiger partial charge in [0.25, 0.3) is 0 Å². The van der Waals surface area contributed by atoms with Crippen molar-refractivity contribution >= 4 is 5.71 Å². The van der Waals surface area contributed by atoms with E-state index >= 15 is 0 Å². The molecule has 0 saturated heterocycles. The molecule has 2 aliphatic rings. The van der Waals surface area contributed by atoms with E-state index in [1.54, 1.807) is 0 Å². The predicted octanol–water partition coefficient (Wildman–Crippen LogP) is 5.88. The number of aliphatic imine (C=N–C) groups is 1. The van der Waals surface area contributed by atoms with Gasteiger partial charge in [-0.15, -0.1) is 0 Å². The van der Waals surface area contributed by atoms with Crippen molar-refractivity contribution in [1.82, 2.24) is 20.9 Å². The number of aromatic nitrogens is 1. The summed E-state index contributed by atoms with van der Waals surface area (Å²) >= 11 is 0. The zero-order chi connectivity index (χ0) is 26.3. The quantitative estimate of drug-likeness (QED) is 0.349. The van der Waals surface area contributed by atoms with Crippen molar-refractivity contribution in [2.24, 2.45) is 4.99 Å². The fourth-order valence-corrected chi connectivity index (χ4v) is 3.98. The van der Waals surface area contributed by atoms with Gasteiger partial charge in [-0.3, -0.25) is 9.98 Å². The van der Waals surface area contributed by atoms with Gasteiger partial charge in [0.05, 0.1) is 0 Å². The lowest BCUT2D eigenvalue weighted by Crippen LogP contribution is -2.23. The standard InChI is InChI=1S/C11H17N3.C9H11N.C9H15N.C2H6/c1-12-6-2-3-7-14-10-11-4-8-13-9-5-11;1-2-4-9-7-10-6-5-8(9)3-1;1-3-8-6-4-5-7-9(8)10-2;1-2/h2-5,8-9,12,14H,6-7,10H2,1H3;1-4,10H,5-7H2;3H,4-7H2,1-2H3;1-2H3/b3-2+;;8-3-,10-9?;. The van der Waals surface area contributed by atoms with Crippen LogP contribution in [-0.4, -0.2) is 44.4 Å². The van der Waals surface area contributed by atoms with Crippen LogP contribution in [-0.2, 0) is 19.5 Å². The lowest BCUT2D eigenvalue weighted by atomic mass is 9.93. The maximum Gasteiger partial charge on any atom is 0.0373 e. The fourth-order valence-electron chi connectivity index (χ4n) is 3.98. The van der Waals surface area contributed by atoms with Gasteiger partial charge in [0.2, 0.25) is 0 Å². The molecular weight excluding hydrogens is 442 g/mol. The van der Waals surface area contributed by atoms with E-state index in [1.807, 2.05) is 52.5 Å². The Kier molecular flexibility index (Phi) is 18.9. The number of benzene rings is 1. The molecule has 198 valence electrons. The van der Waals surface area contributed by atoms with Crippen LogP contribution in [0.15, 0.2) is 77.6 Å². The average Bonchev–Trinajstić information content (AvgIpc) is 2.97. The second-order valence-electron chi connectivity index (χ2n) is 8.40. The van der Waals surface area contributed by atoms with Crippen molar-refractivity contribution in [1.29, 1.82) is 0 Å². The molecule has 1 aromatic heterocycles. The summed E-state index contributed by atoms with van der Waals surface area (Å²) in [5.41, 5.74) is 7.04. The molecule has 0 atom stereocenters. The number of fused-ring (bicyclic) bond motifs is 1. The molecule has 36 heavy (non-hydrogen) atoms. The van der Waals surface area contributed by atoms with Gasteiger partial charge >= 0.3 is 0 Å². The minimum atomic E-state index is 0.895. The van der Waals surface area contributed by atoms with Crippen molar-refractivity contribution in [3.05, 3.63) is 89.3 Å². The third-order valence-corrected chi connectivity index (χ3v) is 5.93. The first-order chi connectivity index (χ1) is 17.8. The van der Waals surface area contributed by atoms with Crippen LogP contribution in [0.4, 0.5) is 0 Å². The molecule has 1 fully saturated rings. The lowest BCUT2D eigenvalue weighted by Gasteiger charge is -2.15. The second-order valence-corrected chi connectivity index (χ2v) is 8.40. The Morgan fingerprint density at radius 3 is 2.28 bits per heavy atom. The van der Waals surface area contributed by atoms with Gasteiger partial charge in [-0.05, 0) is 87.0 Å². The summed E-state index contributed by atoms with van der Waals surface area (Å²) in [6.45, 7) is 11.0. The van der Waals surface area contributed by atoms with Gasteiger partial charge in [0, 0.05) is 51.3 Å². The Labute approximate surface area is 220 Å². The average molecular weight is 492 g/mol. The SMILES string of the molecule is C/C=C1/CCCCC1=NC.CC.CNC/C=C/CNCc1ccncc1.c1ccc2c(c1)CCNC2. The van der Waals surface area contributed by atoms with Gasteiger partial charge in [-0.2, -0.15) is 0 Å². The zero-order valence-corrected chi connectivity index (χ0v) is 23.3. The summed E-state index contributed by atoms with van der Waals surface area (Å²) in [5.74, 6) is 0. The maximum atomic E-state index is 4.25. The van der Waals surface area contributed by atoms with Crippen LogP contribution in [0.3, 0.4) is 0 Å². The number of hydrogen-bond donors (Lipinski definition) is 3. The van der Waals surface area contributed by atoms with Crippen molar-refractivity contribution in [2.75, 3.05) is 33.7 Å². The van der Waals surface area contributed by atoms with Gasteiger partial charge < -0.3 is 16.0 Å². The van der Waals surface area contributed by atoms with E-state index in [1.165, 1.54) is 60.1 Å². The van der Waals surface area contributed by atoms with Crippen LogP contribution in [0.1, 0.15) is 63.1 Å². The van der Waals surface area contributed by atoms with E-state index in [2.05, 4.69) is 75.3 Å². The second kappa shape index (κ2) is 21.7. The number of pyridine rings is 1. The smallest absolute Gasteiger partial charge is 0.0373 e. The molecule has 0 amide bonds. The van der Waals surface area contributed by atoms with Crippen LogP contribution in [0, 0.1) is 0 Å². The molecule has 1 aliphatic carbocycles. The third kappa shape index (κ3) is 13.5. The molecule has 2 heterocycles. The molecule has 2 aromatic rings. The van der Waals surface area contributed by atoms with Crippen molar-refractivity contribution in [3.63, 3.8) is 0 Å².